The van der Waals surface area contributed by atoms with Crippen molar-refractivity contribution in [3.05, 3.63) is 28.8 Å². The zero-order chi connectivity index (χ0) is 11.5. The first kappa shape index (κ1) is 11.2. The lowest BCUT2D eigenvalue weighted by Gasteiger charge is -2.12. The number of aryl methyl sites for hydroxylation is 2. The summed E-state index contributed by atoms with van der Waals surface area (Å²) in [5.74, 6) is 1.22. The minimum Gasteiger partial charge on any atom is -0.493 e. The van der Waals surface area contributed by atoms with E-state index < -0.39 is 0 Å². The lowest BCUT2D eigenvalue weighted by Crippen LogP contribution is -2.02. The highest BCUT2D eigenvalue weighted by Gasteiger charge is 2.14. The van der Waals surface area contributed by atoms with Crippen LogP contribution in [0.3, 0.4) is 0 Å². The summed E-state index contributed by atoms with van der Waals surface area (Å²) >= 11 is 0. The fraction of sp³-hybridized carbons (Fsp3) is 0.500. The van der Waals surface area contributed by atoms with Crippen LogP contribution in [0.15, 0.2) is 12.1 Å². The van der Waals surface area contributed by atoms with E-state index in [1.807, 2.05) is 26.0 Å². The number of benzene rings is 1. The predicted octanol–water partition coefficient (Wildman–Crippen LogP) is 3.30. The van der Waals surface area contributed by atoms with Crippen molar-refractivity contribution in [1.82, 2.24) is 0 Å². The number of ketones is 1. The quantitative estimate of drug-likeness (QED) is 0.712. The summed E-state index contributed by atoms with van der Waals surface area (Å²) < 4.78 is 5.74. The summed E-state index contributed by atoms with van der Waals surface area (Å²) in [4.78, 5) is 11.7. The largest absolute Gasteiger partial charge is 0.493 e. The summed E-state index contributed by atoms with van der Waals surface area (Å²) in [5.41, 5.74) is 3.13. The average Bonchev–Trinajstić information content (AvgIpc) is 2.53. The highest BCUT2D eigenvalue weighted by molar-refractivity contribution is 5.96. The van der Waals surface area contributed by atoms with Gasteiger partial charge in [-0.25, -0.2) is 0 Å². The molecule has 1 heterocycles. The highest BCUT2D eigenvalue weighted by Crippen LogP contribution is 2.29. The molecule has 0 N–H and O–H groups in total. The molecule has 1 aliphatic rings. The number of Topliss-reactive ketones (excluding diaryl/α,β-unsaturated/α-hetero) is 1. The summed E-state index contributed by atoms with van der Waals surface area (Å²) in [5, 5.41) is 0. The van der Waals surface area contributed by atoms with Crippen molar-refractivity contribution >= 4 is 5.78 Å². The smallest absolute Gasteiger partial charge is 0.162 e. The van der Waals surface area contributed by atoms with Gasteiger partial charge in [0.15, 0.2) is 5.78 Å². The van der Waals surface area contributed by atoms with Gasteiger partial charge < -0.3 is 4.74 Å². The molecule has 1 aliphatic heterocycles. The summed E-state index contributed by atoms with van der Waals surface area (Å²) in [6, 6.07) is 3.97. The number of carbonyl (C=O) groups excluding carboxylic acids is 1. The van der Waals surface area contributed by atoms with Crippen molar-refractivity contribution in [2.45, 2.75) is 39.5 Å². The second-order valence-electron chi connectivity index (χ2n) is 4.36. The van der Waals surface area contributed by atoms with Crippen molar-refractivity contribution in [1.29, 1.82) is 0 Å². The molecule has 1 aromatic rings. The molecule has 0 saturated carbocycles. The number of fused-ring (bicyclic) bond motifs is 1. The standard InChI is InChI=1S/C14H18O2/c1-3-13(15)12-8-10(2)14-11(9-12)6-4-5-7-16-14/h8-9H,3-7H2,1-2H3. The maximum absolute atomic E-state index is 11.7. The minimum absolute atomic E-state index is 0.218. The number of carbonyl (C=O) groups is 1. The third-order valence-corrected chi connectivity index (χ3v) is 3.08. The molecule has 0 aromatic heterocycles. The monoisotopic (exact) mass is 218 g/mol. The Bertz CT molecular complexity index is 407. The Morgan fingerprint density at radius 3 is 2.94 bits per heavy atom. The predicted molar refractivity (Wildman–Crippen MR) is 64.2 cm³/mol. The summed E-state index contributed by atoms with van der Waals surface area (Å²) in [7, 11) is 0. The van der Waals surface area contributed by atoms with Crippen molar-refractivity contribution in [3.63, 3.8) is 0 Å². The van der Waals surface area contributed by atoms with Gasteiger partial charge in [0.25, 0.3) is 0 Å². The van der Waals surface area contributed by atoms with Crippen molar-refractivity contribution in [2.24, 2.45) is 0 Å². The maximum atomic E-state index is 11.7. The molecule has 16 heavy (non-hydrogen) atoms. The molecular formula is C14H18O2. The lowest BCUT2D eigenvalue weighted by atomic mass is 9.98. The van der Waals surface area contributed by atoms with E-state index in [0.717, 1.165) is 42.7 Å². The van der Waals surface area contributed by atoms with E-state index in [0.29, 0.717) is 6.42 Å². The van der Waals surface area contributed by atoms with Crippen LogP contribution >= 0.6 is 0 Å². The number of ether oxygens (including phenoxy) is 1. The lowest BCUT2D eigenvalue weighted by molar-refractivity contribution is 0.0988. The van der Waals surface area contributed by atoms with Gasteiger partial charge in [-0.05, 0) is 49.4 Å². The minimum atomic E-state index is 0.218. The van der Waals surface area contributed by atoms with Gasteiger partial charge in [0.1, 0.15) is 5.75 Å². The van der Waals surface area contributed by atoms with E-state index in [2.05, 4.69) is 0 Å². The second-order valence-corrected chi connectivity index (χ2v) is 4.36. The normalized spacial score (nSPS) is 14.9. The van der Waals surface area contributed by atoms with Crippen molar-refractivity contribution in [3.8, 4) is 5.75 Å². The Labute approximate surface area is 96.6 Å². The van der Waals surface area contributed by atoms with Gasteiger partial charge in [-0.3, -0.25) is 4.79 Å². The molecule has 86 valence electrons. The summed E-state index contributed by atoms with van der Waals surface area (Å²) in [6.45, 7) is 4.73. The van der Waals surface area contributed by atoms with E-state index in [1.165, 1.54) is 5.56 Å². The molecule has 0 atom stereocenters. The first-order chi connectivity index (χ1) is 7.72. The third kappa shape index (κ3) is 2.11. The Morgan fingerprint density at radius 1 is 1.38 bits per heavy atom. The molecule has 2 heteroatoms. The van der Waals surface area contributed by atoms with Gasteiger partial charge in [0, 0.05) is 12.0 Å². The molecule has 0 spiro atoms. The molecule has 1 aromatic carbocycles. The molecule has 0 fully saturated rings. The summed E-state index contributed by atoms with van der Waals surface area (Å²) in [6.07, 6.45) is 3.85. The van der Waals surface area contributed by atoms with Crippen LogP contribution in [0.1, 0.15) is 47.7 Å². The van der Waals surface area contributed by atoms with Crippen molar-refractivity contribution < 1.29 is 9.53 Å². The zero-order valence-corrected chi connectivity index (χ0v) is 10.0. The molecule has 2 rings (SSSR count). The molecule has 2 nitrogen and oxygen atoms in total. The SMILES string of the molecule is CCC(=O)c1cc(C)c2c(c1)CCCCO2. The van der Waals surface area contributed by atoms with E-state index in [-0.39, 0.29) is 5.78 Å². The van der Waals surface area contributed by atoms with E-state index in [4.69, 9.17) is 4.74 Å². The van der Waals surface area contributed by atoms with Crippen LogP contribution in [0.25, 0.3) is 0 Å². The van der Waals surface area contributed by atoms with Gasteiger partial charge in [0.05, 0.1) is 6.61 Å². The topological polar surface area (TPSA) is 26.3 Å². The van der Waals surface area contributed by atoms with Crippen LogP contribution in [-0.2, 0) is 6.42 Å². The second kappa shape index (κ2) is 4.69. The van der Waals surface area contributed by atoms with Crippen LogP contribution in [-0.4, -0.2) is 12.4 Å². The Morgan fingerprint density at radius 2 is 2.19 bits per heavy atom. The zero-order valence-electron chi connectivity index (χ0n) is 10.0. The molecular weight excluding hydrogens is 200 g/mol. The fourth-order valence-corrected chi connectivity index (χ4v) is 2.20. The third-order valence-electron chi connectivity index (χ3n) is 3.08. The Hall–Kier alpha value is -1.31. The van der Waals surface area contributed by atoms with E-state index in [9.17, 15) is 4.79 Å². The maximum Gasteiger partial charge on any atom is 0.162 e. The van der Waals surface area contributed by atoms with Crippen LogP contribution in [0.2, 0.25) is 0 Å². The molecule has 0 unspecified atom stereocenters. The average molecular weight is 218 g/mol. The molecule has 0 radical (unpaired) electrons. The Balaban J connectivity index is 2.43. The van der Waals surface area contributed by atoms with Crippen LogP contribution in [0, 0.1) is 6.92 Å². The van der Waals surface area contributed by atoms with E-state index in [1.54, 1.807) is 0 Å². The first-order valence-electron chi connectivity index (χ1n) is 6.02. The van der Waals surface area contributed by atoms with Gasteiger partial charge in [-0.15, -0.1) is 0 Å². The van der Waals surface area contributed by atoms with Crippen LogP contribution < -0.4 is 4.74 Å². The number of hydrogen-bond donors (Lipinski definition) is 0. The Kier molecular flexibility index (Phi) is 3.28. The molecule has 0 aliphatic carbocycles. The van der Waals surface area contributed by atoms with Gasteiger partial charge >= 0.3 is 0 Å². The van der Waals surface area contributed by atoms with Gasteiger partial charge in [-0.2, -0.15) is 0 Å². The van der Waals surface area contributed by atoms with Crippen molar-refractivity contribution in [2.75, 3.05) is 6.61 Å². The first-order valence-corrected chi connectivity index (χ1v) is 6.02. The van der Waals surface area contributed by atoms with E-state index >= 15 is 0 Å². The highest BCUT2D eigenvalue weighted by atomic mass is 16.5. The molecule has 0 saturated heterocycles. The number of rotatable bonds is 2. The molecule has 0 bridgehead atoms. The number of hydrogen-bond acceptors (Lipinski definition) is 2. The fourth-order valence-electron chi connectivity index (χ4n) is 2.20. The molecule has 0 amide bonds. The van der Waals surface area contributed by atoms with Crippen LogP contribution in [0.4, 0.5) is 0 Å². The van der Waals surface area contributed by atoms with Gasteiger partial charge in [-0.1, -0.05) is 6.92 Å². The van der Waals surface area contributed by atoms with Crippen LogP contribution in [0.5, 0.6) is 5.75 Å². The van der Waals surface area contributed by atoms with Gasteiger partial charge in [0.2, 0.25) is 0 Å².